The van der Waals surface area contributed by atoms with E-state index < -0.39 is 20.5 Å². The van der Waals surface area contributed by atoms with Crippen LogP contribution in [0.2, 0.25) is 0 Å². The van der Waals surface area contributed by atoms with Crippen LogP contribution in [0.15, 0.2) is 29.2 Å². The Morgan fingerprint density at radius 2 is 1.95 bits per heavy atom. The molecule has 106 valence electrons. The van der Waals surface area contributed by atoms with Crippen molar-refractivity contribution in [2.45, 2.75) is 17.1 Å². The van der Waals surface area contributed by atoms with Crippen molar-refractivity contribution in [3.8, 4) is 0 Å². The summed E-state index contributed by atoms with van der Waals surface area (Å²) in [4.78, 5) is 10.5. The second-order valence-electron chi connectivity index (χ2n) is 3.65. The number of para-hydroxylation sites is 1. The van der Waals surface area contributed by atoms with Gasteiger partial charge in [-0.25, -0.2) is 8.42 Å². The monoisotopic (exact) mass is 292 g/mol. The van der Waals surface area contributed by atoms with Gasteiger partial charge >= 0.3 is 5.76 Å². The highest BCUT2D eigenvalue weighted by Gasteiger charge is 2.28. The first-order valence-electron chi connectivity index (χ1n) is 5.45. The summed E-state index contributed by atoms with van der Waals surface area (Å²) < 4.78 is 47.9. The quantitative estimate of drug-likeness (QED) is 0.827. The van der Waals surface area contributed by atoms with Crippen molar-refractivity contribution in [1.82, 2.24) is 5.32 Å². The number of anilines is 1. The lowest BCUT2D eigenvalue weighted by molar-refractivity contribution is -0.120. The van der Waals surface area contributed by atoms with Crippen molar-refractivity contribution in [2.24, 2.45) is 0 Å². The van der Waals surface area contributed by atoms with Crippen LogP contribution in [0.1, 0.15) is 6.42 Å². The van der Waals surface area contributed by atoms with Crippen LogP contribution in [0.5, 0.6) is 0 Å². The third-order valence-corrected chi connectivity index (χ3v) is 3.81. The molecular formula is C11H14F2N2O3S. The van der Waals surface area contributed by atoms with Gasteiger partial charge in [0.1, 0.15) is 0 Å². The minimum absolute atomic E-state index is 0.0618. The Balaban J connectivity index is 2.89. The molecule has 0 saturated heterocycles. The first-order chi connectivity index (χ1) is 8.89. The summed E-state index contributed by atoms with van der Waals surface area (Å²) in [7, 11) is -3.19. The standard InChI is InChI=1S/C11H14F2N2O3S/c1-14-10(16)6-7-15-8-4-2-3-5-9(8)19(17,18)11(12)13/h2-5,11,15H,6-7H2,1H3,(H,14,16). The van der Waals surface area contributed by atoms with Crippen molar-refractivity contribution in [1.29, 1.82) is 0 Å². The maximum atomic E-state index is 12.5. The Bertz CT molecular complexity index is 547. The number of hydrogen-bond acceptors (Lipinski definition) is 4. The molecule has 1 aromatic carbocycles. The third-order valence-electron chi connectivity index (χ3n) is 2.37. The van der Waals surface area contributed by atoms with Gasteiger partial charge in [-0.1, -0.05) is 12.1 Å². The van der Waals surface area contributed by atoms with E-state index in [1.54, 1.807) is 0 Å². The van der Waals surface area contributed by atoms with Gasteiger partial charge in [-0.05, 0) is 12.1 Å². The number of hydrogen-bond donors (Lipinski definition) is 2. The minimum atomic E-state index is -4.66. The highest BCUT2D eigenvalue weighted by molar-refractivity contribution is 7.91. The van der Waals surface area contributed by atoms with Crippen molar-refractivity contribution < 1.29 is 22.0 Å². The lowest BCUT2D eigenvalue weighted by atomic mass is 10.3. The predicted molar refractivity (Wildman–Crippen MR) is 66.8 cm³/mol. The van der Waals surface area contributed by atoms with Gasteiger partial charge in [0.15, 0.2) is 0 Å². The topological polar surface area (TPSA) is 75.3 Å². The van der Waals surface area contributed by atoms with Crippen LogP contribution in [0.25, 0.3) is 0 Å². The number of nitrogens with one attached hydrogen (secondary N) is 2. The first kappa shape index (κ1) is 15.4. The van der Waals surface area contributed by atoms with E-state index in [-0.39, 0.29) is 24.6 Å². The predicted octanol–water partition coefficient (Wildman–Crippen LogP) is 1.23. The van der Waals surface area contributed by atoms with E-state index in [0.717, 1.165) is 6.07 Å². The number of alkyl halides is 2. The number of halogens is 2. The smallest absolute Gasteiger partial charge is 0.341 e. The first-order valence-corrected chi connectivity index (χ1v) is 6.99. The molecule has 0 aromatic heterocycles. The normalized spacial score (nSPS) is 11.4. The molecule has 0 aliphatic carbocycles. The van der Waals surface area contributed by atoms with Crippen LogP contribution in [-0.4, -0.2) is 33.7 Å². The average Bonchev–Trinajstić information content (AvgIpc) is 2.38. The molecule has 0 unspecified atom stereocenters. The highest BCUT2D eigenvalue weighted by atomic mass is 32.2. The molecule has 0 atom stereocenters. The number of amides is 1. The minimum Gasteiger partial charge on any atom is -0.383 e. The van der Waals surface area contributed by atoms with Crippen LogP contribution in [-0.2, 0) is 14.6 Å². The summed E-state index contributed by atoms with van der Waals surface area (Å²) in [6, 6.07) is 5.36. The average molecular weight is 292 g/mol. The molecule has 0 heterocycles. The number of benzene rings is 1. The number of carbonyl (C=O) groups is 1. The zero-order chi connectivity index (χ0) is 14.5. The Morgan fingerprint density at radius 1 is 1.32 bits per heavy atom. The molecule has 0 aliphatic heterocycles. The van der Waals surface area contributed by atoms with Crippen molar-refractivity contribution >= 4 is 21.4 Å². The van der Waals surface area contributed by atoms with Gasteiger partial charge in [0, 0.05) is 20.0 Å². The van der Waals surface area contributed by atoms with E-state index in [1.165, 1.54) is 25.2 Å². The lowest BCUT2D eigenvalue weighted by Gasteiger charge is -2.11. The van der Waals surface area contributed by atoms with E-state index >= 15 is 0 Å². The second-order valence-corrected chi connectivity index (χ2v) is 5.54. The van der Waals surface area contributed by atoms with Gasteiger partial charge in [0.25, 0.3) is 0 Å². The highest BCUT2D eigenvalue weighted by Crippen LogP contribution is 2.25. The molecule has 0 radical (unpaired) electrons. The fraction of sp³-hybridized carbons (Fsp3) is 0.364. The zero-order valence-corrected chi connectivity index (χ0v) is 11.0. The molecule has 1 amide bonds. The summed E-state index contributed by atoms with van der Waals surface area (Å²) in [5.41, 5.74) is 0.0618. The van der Waals surface area contributed by atoms with E-state index in [4.69, 9.17) is 0 Å². The number of sulfone groups is 1. The van der Waals surface area contributed by atoms with Crippen molar-refractivity contribution in [2.75, 3.05) is 18.9 Å². The van der Waals surface area contributed by atoms with E-state index in [2.05, 4.69) is 10.6 Å². The number of rotatable bonds is 6. The van der Waals surface area contributed by atoms with Crippen LogP contribution >= 0.6 is 0 Å². The van der Waals surface area contributed by atoms with Gasteiger partial charge in [0.05, 0.1) is 10.6 Å². The Labute approximate surface area is 109 Å². The molecule has 0 fully saturated rings. The van der Waals surface area contributed by atoms with Crippen LogP contribution < -0.4 is 10.6 Å². The van der Waals surface area contributed by atoms with Gasteiger partial charge in [-0.15, -0.1) is 0 Å². The second kappa shape index (κ2) is 6.46. The summed E-state index contributed by atoms with van der Waals surface area (Å²) >= 11 is 0. The Hall–Kier alpha value is -1.70. The Morgan fingerprint density at radius 3 is 2.53 bits per heavy atom. The SMILES string of the molecule is CNC(=O)CCNc1ccccc1S(=O)(=O)C(F)F. The fourth-order valence-corrected chi connectivity index (χ4v) is 2.30. The molecule has 1 aromatic rings. The molecule has 1 rings (SSSR count). The van der Waals surface area contributed by atoms with Crippen molar-refractivity contribution in [3.63, 3.8) is 0 Å². The third kappa shape index (κ3) is 3.88. The molecular weight excluding hydrogens is 278 g/mol. The molecule has 8 heteroatoms. The van der Waals surface area contributed by atoms with Gasteiger partial charge < -0.3 is 10.6 Å². The zero-order valence-electron chi connectivity index (χ0n) is 10.2. The maximum Gasteiger partial charge on any atom is 0.341 e. The van der Waals surface area contributed by atoms with Gasteiger partial charge in [-0.2, -0.15) is 8.78 Å². The fourth-order valence-electron chi connectivity index (χ4n) is 1.39. The molecule has 0 aliphatic rings. The maximum absolute atomic E-state index is 12.5. The van der Waals surface area contributed by atoms with Crippen molar-refractivity contribution in [3.05, 3.63) is 24.3 Å². The van der Waals surface area contributed by atoms with Crippen LogP contribution in [0.3, 0.4) is 0 Å². The molecule has 2 N–H and O–H groups in total. The van der Waals surface area contributed by atoms with E-state index in [1.807, 2.05) is 0 Å². The Kier molecular flexibility index (Phi) is 5.22. The molecule has 0 spiro atoms. The van der Waals surface area contributed by atoms with E-state index in [9.17, 15) is 22.0 Å². The van der Waals surface area contributed by atoms with E-state index in [0.29, 0.717) is 0 Å². The van der Waals surface area contributed by atoms with Gasteiger partial charge in [0.2, 0.25) is 15.7 Å². The summed E-state index contributed by atoms with van der Waals surface area (Å²) in [6.45, 7) is 0.148. The summed E-state index contributed by atoms with van der Waals surface area (Å²) in [5.74, 6) is -3.71. The van der Waals surface area contributed by atoms with Gasteiger partial charge in [-0.3, -0.25) is 4.79 Å². The molecule has 19 heavy (non-hydrogen) atoms. The molecule has 0 bridgehead atoms. The number of carbonyl (C=O) groups excluding carboxylic acids is 1. The molecule has 5 nitrogen and oxygen atoms in total. The largest absolute Gasteiger partial charge is 0.383 e. The van der Waals surface area contributed by atoms with Crippen LogP contribution in [0.4, 0.5) is 14.5 Å². The molecule has 0 saturated carbocycles. The lowest BCUT2D eigenvalue weighted by Crippen LogP contribution is -2.21. The summed E-state index contributed by atoms with van der Waals surface area (Å²) in [5, 5.41) is 5.06. The summed E-state index contributed by atoms with van der Waals surface area (Å²) in [6.07, 6.45) is 0.111. The van der Waals surface area contributed by atoms with Crippen LogP contribution in [0, 0.1) is 0 Å².